The summed E-state index contributed by atoms with van der Waals surface area (Å²) in [6.07, 6.45) is 2.26. The lowest BCUT2D eigenvalue weighted by Gasteiger charge is -2.05. The molecule has 28 heavy (non-hydrogen) atoms. The highest BCUT2D eigenvalue weighted by atomic mass is 79.9. The number of rotatable bonds is 6. The van der Waals surface area contributed by atoms with E-state index in [9.17, 15) is 4.79 Å². The van der Waals surface area contributed by atoms with Gasteiger partial charge in [-0.25, -0.2) is 4.98 Å². The molecule has 0 aliphatic heterocycles. The lowest BCUT2D eigenvalue weighted by Crippen LogP contribution is -2.15. The van der Waals surface area contributed by atoms with Crippen molar-refractivity contribution in [2.75, 3.05) is 11.9 Å². The SMILES string of the molecule is CCOc1ccc(-c2cn3c(CC(=O)Nc4ccc(Br)cc4)csc3n2)cc1. The van der Waals surface area contributed by atoms with Crippen LogP contribution in [0.3, 0.4) is 0 Å². The molecule has 0 atom stereocenters. The molecule has 0 aliphatic rings. The van der Waals surface area contributed by atoms with Crippen molar-refractivity contribution in [3.63, 3.8) is 0 Å². The Morgan fingerprint density at radius 3 is 2.64 bits per heavy atom. The number of amides is 1. The smallest absolute Gasteiger partial charge is 0.230 e. The molecular weight excluding hydrogens is 438 g/mol. The Balaban J connectivity index is 1.51. The van der Waals surface area contributed by atoms with E-state index < -0.39 is 0 Å². The summed E-state index contributed by atoms with van der Waals surface area (Å²) >= 11 is 4.92. The maximum Gasteiger partial charge on any atom is 0.230 e. The van der Waals surface area contributed by atoms with Gasteiger partial charge >= 0.3 is 0 Å². The standard InChI is InChI=1S/C21H18BrN3O2S/c1-2-27-18-9-3-14(4-10-18)19-12-25-17(13-28-21(25)24-19)11-20(26)23-16-7-5-15(22)6-8-16/h3-10,12-13H,2,11H2,1H3,(H,23,26). The van der Waals surface area contributed by atoms with Crippen molar-refractivity contribution in [1.82, 2.24) is 9.38 Å². The second-order valence-corrected chi connectivity index (χ2v) is 7.95. The van der Waals surface area contributed by atoms with Crippen LogP contribution in [-0.4, -0.2) is 21.9 Å². The number of carbonyl (C=O) groups is 1. The van der Waals surface area contributed by atoms with Crippen molar-refractivity contribution >= 4 is 43.8 Å². The van der Waals surface area contributed by atoms with E-state index in [2.05, 4.69) is 26.2 Å². The van der Waals surface area contributed by atoms with Gasteiger partial charge in [0.05, 0.1) is 18.7 Å². The van der Waals surface area contributed by atoms with Crippen LogP contribution < -0.4 is 10.1 Å². The van der Waals surface area contributed by atoms with Crippen LogP contribution in [0.4, 0.5) is 5.69 Å². The molecule has 0 saturated carbocycles. The minimum Gasteiger partial charge on any atom is -0.494 e. The van der Waals surface area contributed by atoms with Gasteiger partial charge in [0, 0.05) is 33.0 Å². The van der Waals surface area contributed by atoms with Crippen molar-refractivity contribution in [3.05, 3.63) is 70.3 Å². The van der Waals surface area contributed by atoms with E-state index in [1.807, 2.05) is 71.4 Å². The highest BCUT2D eigenvalue weighted by Gasteiger charge is 2.13. The maximum absolute atomic E-state index is 12.4. The molecular formula is C21H18BrN3O2S. The Hall–Kier alpha value is -2.64. The Bertz CT molecular complexity index is 1100. The molecule has 142 valence electrons. The van der Waals surface area contributed by atoms with Gasteiger partial charge in [-0.3, -0.25) is 9.20 Å². The van der Waals surface area contributed by atoms with Gasteiger partial charge in [0.2, 0.25) is 5.91 Å². The first-order valence-electron chi connectivity index (χ1n) is 8.86. The average molecular weight is 456 g/mol. The highest BCUT2D eigenvalue weighted by Crippen LogP contribution is 2.26. The fourth-order valence-electron chi connectivity index (χ4n) is 2.89. The minimum atomic E-state index is -0.0571. The summed E-state index contributed by atoms with van der Waals surface area (Å²) in [5.74, 6) is 0.788. The summed E-state index contributed by atoms with van der Waals surface area (Å²) in [6.45, 7) is 2.61. The second kappa shape index (κ2) is 8.16. The molecule has 4 rings (SSSR count). The van der Waals surface area contributed by atoms with Crippen LogP contribution in [0.5, 0.6) is 5.75 Å². The molecule has 0 radical (unpaired) electrons. The Morgan fingerprint density at radius 2 is 1.93 bits per heavy atom. The van der Waals surface area contributed by atoms with Gasteiger partial charge in [-0.2, -0.15) is 0 Å². The number of nitrogens with one attached hydrogen (secondary N) is 1. The Kier molecular flexibility index (Phi) is 5.45. The van der Waals surface area contributed by atoms with E-state index in [0.29, 0.717) is 6.61 Å². The molecule has 2 aromatic carbocycles. The normalized spacial score (nSPS) is 10.9. The van der Waals surface area contributed by atoms with E-state index >= 15 is 0 Å². The summed E-state index contributed by atoms with van der Waals surface area (Å²) in [4.78, 5) is 18.0. The van der Waals surface area contributed by atoms with Crippen molar-refractivity contribution < 1.29 is 9.53 Å². The molecule has 2 heterocycles. The van der Waals surface area contributed by atoms with Crippen LogP contribution in [0.2, 0.25) is 0 Å². The van der Waals surface area contributed by atoms with E-state index in [-0.39, 0.29) is 12.3 Å². The van der Waals surface area contributed by atoms with Gasteiger partial charge in [0.15, 0.2) is 4.96 Å². The van der Waals surface area contributed by atoms with E-state index in [0.717, 1.165) is 37.8 Å². The lowest BCUT2D eigenvalue weighted by atomic mass is 10.1. The van der Waals surface area contributed by atoms with Crippen LogP contribution in [-0.2, 0) is 11.2 Å². The molecule has 5 nitrogen and oxygen atoms in total. The number of hydrogen-bond donors (Lipinski definition) is 1. The largest absolute Gasteiger partial charge is 0.494 e. The van der Waals surface area contributed by atoms with Crippen LogP contribution in [0.25, 0.3) is 16.2 Å². The third-order valence-electron chi connectivity index (χ3n) is 4.21. The molecule has 0 unspecified atom stereocenters. The van der Waals surface area contributed by atoms with Crippen LogP contribution in [0, 0.1) is 0 Å². The Labute approximate surface area is 175 Å². The number of aromatic nitrogens is 2. The Morgan fingerprint density at radius 1 is 1.18 bits per heavy atom. The van der Waals surface area contributed by atoms with Crippen molar-refractivity contribution in [3.8, 4) is 17.0 Å². The number of imidazole rings is 1. The first kappa shape index (κ1) is 18.7. The van der Waals surface area contributed by atoms with Crippen LogP contribution in [0.15, 0.2) is 64.6 Å². The second-order valence-electron chi connectivity index (χ2n) is 6.19. The minimum absolute atomic E-state index is 0.0571. The zero-order valence-corrected chi connectivity index (χ0v) is 17.6. The fraction of sp³-hybridized carbons (Fsp3) is 0.143. The quantitative estimate of drug-likeness (QED) is 0.423. The monoisotopic (exact) mass is 455 g/mol. The van der Waals surface area contributed by atoms with Gasteiger partial charge < -0.3 is 10.1 Å². The number of halogens is 1. The molecule has 1 amide bonds. The third kappa shape index (κ3) is 4.10. The summed E-state index contributed by atoms with van der Waals surface area (Å²) in [5.41, 5.74) is 3.59. The molecule has 0 bridgehead atoms. The maximum atomic E-state index is 12.4. The predicted molar refractivity (Wildman–Crippen MR) is 116 cm³/mol. The lowest BCUT2D eigenvalue weighted by molar-refractivity contribution is -0.115. The highest BCUT2D eigenvalue weighted by molar-refractivity contribution is 9.10. The topological polar surface area (TPSA) is 55.6 Å². The van der Waals surface area contributed by atoms with Crippen molar-refractivity contribution in [2.45, 2.75) is 13.3 Å². The molecule has 0 aliphatic carbocycles. The van der Waals surface area contributed by atoms with E-state index in [1.165, 1.54) is 11.3 Å². The zero-order valence-electron chi connectivity index (χ0n) is 15.2. The average Bonchev–Trinajstić information content (AvgIpc) is 3.27. The number of fused-ring (bicyclic) bond motifs is 1. The van der Waals surface area contributed by atoms with Gasteiger partial charge in [0.1, 0.15) is 5.75 Å². The summed E-state index contributed by atoms with van der Waals surface area (Å²) in [7, 11) is 0. The van der Waals surface area contributed by atoms with Gasteiger partial charge in [0.25, 0.3) is 0 Å². The van der Waals surface area contributed by atoms with Crippen molar-refractivity contribution in [1.29, 1.82) is 0 Å². The molecule has 4 aromatic rings. The first-order chi connectivity index (χ1) is 13.6. The molecule has 2 aromatic heterocycles. The number of hydrogen-bond acceptors (Lipinski definition) is 4. The van der Waals surface area contributed by atoms with Crippen LogP contribution in [0.1, 0.15) is 12.6 Å². The molecule has 0 saturated heterocycles. The summed E-state index contributed by atoms with van der Waals surface area (Å²) in [6, 6.07) is 15.4. The summed E-state index contributed by atoms with van der Waals surface area (Å²) in [5, 5.41) is 4.90. The zero-order chi connectivity index (χ0) is 19.5. The molecule has 1 N–H and O–H groups in total. The number of benzene rings is 2. The van der Waals surface area contributed by atoms with E-state index in [1.54, 1.807) is 0 Å². The fourth-order valence-corrected chi connectivity index (χ4v) is 4.02. The molecule has 7 heteroatoms. The van der Waals surface area contributed by atoms with Gasteiger partial charge in [-0.1, -0.05) is 15.9 Å². The van der Waals surface area contributed by atoms with Gasteiger partial charge in [-0.05, 0) is 55.5 Å². The summed E-state index contributed by atoms with van der Waals surface area (Å²) < 4.78 is 8.45. The number of nitrogens with zero attached hydrogens (tertiary/aromatic N) is 2. The number of carbonyl (C=O) groups excluding carboxylic acids is 1. The number of ether oxygens (including phenoxy) is 1. The van der Waals surface area contributed by atoms with Crippen molar-refractivity contribution in [2.24, 2.45) is 0 Å². The van der Waals surface area contributed by atoms with Gasteiger partial charge in [-0.15, -0.1) is 11.3 Å². The van der Waals surface area contributed by atoms with E-state index in [4.69, 9.17) is 4.74 Å². The molecule has 0 fully saturated rings. The number of anilines is 1. The van der Waals surface area contributed by atoms with Crippen LogP contribution >= 0.6 is 27.3 Å². The number of thiazole rings is 1. The third-order valence-corrected chi connectivity index (χ3v) is 5.63. The molecule has 0 spiro atoms. The predicted octanol–water partition coefficient (Wildman–Crippen LogP) is 5.41. The first-order valence-corrected chi connectivity index (χ1v) is 10.5.